The fourth-order valence-corrected chi connectivity index (χ4v) is 3.02. The molecule has 1 heterocycles. The molecule has 3 rings (SSSR count). The molecular formula is C24H30BrN7. The van der Waals surface area contributed by atoms with Crippen molar-refractivity contribution >= 4 is 29.0 Å². The van der Waals surface area contributed by atoms with Crippen LogP contribution in [0.15, 0.2) is 87.7 Å². The molecule has 0 radical (unpaired) electrons. The maximum atomic E-state index is 4.36. The van der Waals surface area contributed by atoms with Gasteiger partial charge in [0.2, 0.25) is 6.33 Å². The van der Waals surface area contributed by atoms with Gasteiger partial charge in [-0.05, 0) is 62.7 Å². The van der Waals surface area contributed by atoms with Gasteiger partial charge in [0.1, 0.15) is 18.9 Å². The number of azo groups is 1. The molecule has 0 unspecified atom stereocenters. The van der Waals surface area contributed by atoms with Gasteiger partial charge in [0.05, 0.1) is 31.2 Å². The Balaban J connectivity index is 0.00000363. The second-order valence-electron chi connectivity index (χ2n) is 7.50. The number of nitrogens with zero attached hydrogens (tertiary/aromatic N) is 7. The van der Waals surface area contributed by atoms with Crippen LogP contribution in [0.25, 0.3) is 0 Å². The Morgan fingerprint density at radius 2 is 1.62 bits per heavy atom. The van der Waals surface area contributed by atoms with Gasteiger partial charge in [-0.2, -0.15) is 20.4 Å². The summed E-state index contributed by atoms with van der Waals surface area (Å²) in [5.41, 5.74) is 4.71. The Morgan fingerprint density at radius 1 is 1.00 bits per heavy atom. The minimum absolute atomic E-state index is 0. The summed E-state index contributed by atoms with van der Waals surface area (Å²) >= 11 is 0. The summed E-state index contributed by atoms with van der Waals surface area (Å²) in [4.78, 5) is 2.35. The predicted octanol–water partition coefficient (Wildman–Crippen LogP) is 2.07. The van der Waals surface area contributed by atoms with Gasteiger partial charge in [0.25, 0.3) is 0 Å². The van der Waals surface area contributed by atoms with Gasteiger partial charge >= 0.3 is 0 Å². The van der Waals surface area contributed by atoms with E-state index in [4.69, 9.17) is 0 Å². The number of hydrogen-bond donors (Lipinski definition) is 0. The zero-order valence-corrected chi connectivity index (χ0v) is 20.6. The van der Waals surface area contributed by atoms with Crippen LogP contribution in [-0.4, -0.2) is 29.6 Å². The third-order valence-corrected chi connectivity index (χ3v) is 4.69. The Morgan fingerprint density at radius 3 is 2.16 bits per heavy atom. The van der Waals surface area contributed by atoms with Crippen LogP contribution >= 0.6 is 0 Å². The van der Waals surface area contributed by atoms with Crippen LogP contribution in [0.4, 0.5) is 17.1 Å². The molecule has 0 amide bonds. The molecule has 0 saturated carbocycles. The number of hydrogen-bond acceptors (Lipinski definition) is 5. The quantitative estimate of drug-likeness (QED) is 0.194. The Bertz CT molecular complexity index is 1050. The summed E-state index contributed by atoms with van der Waals surface area (Å²) in [6.07, 6.45) is 7.97. The number of likely N-dealkylation sites (N-methyl/N-ethyl adjacent to an activating group) is 1. The third-order valence-electron chi connectivity index (χ3n) is 4.69. The Labute approximate surface area is 200 Å². The molecule has 2 aromatic carbocycles. The predicted molar refractivity (Wildman–Crippen MR) is 127 cm³/mol. The van der Waals surface area contributed by atoms with E-state index in [2.05, 4.69) is 72.2 Å². The summed E-state index contributed by atoms with van der Waals surface area (Å²) in [5.74, 6) is 0. The van der Waals surface area contributed by atoms with Crippen molar-refractivity contribution in [2.45, 2.75) is 27.3 Å². The smallest absolute Gasteiger partial charge is 0.243 e. The summed E-state index contributed by atoms with van der Waals surface area (Å²) < 4.78 is 4.25. The first kappa shape index (κ1) is 25.1. The van der Waals surface area contributed by atoms with Gasteiger partial charge in [0, 0.05) is 17.9 Å². The molecule has 7 nitrogen and oxygen atoms in total. The molecule has 0 N–H and O–H groups in total. The minimum Gasteiger partial charge on any atom is -1.00 e. The molecule has 0 aliphatic rings. The summed E-state index contributed by atoms with van der Waals surface area (Å²) in [6, 6.07) is 15.9. The van der Waals surface area contributed by atoms with E-state index in [1.165, 1.54) is 5.69 Å². The highest BCUT2D eigenvalue weighted by molar-refractivity contribution is 5.83. The van der Waals surface area contributed by atoms with E-state index in [1.54, 1.807) is 6.21 Å². The normalized spacial score (nSPS) is 11.0. The molecular weight excluding hydrogens is 466 g/mol. The average Bonchev–Trinajstić information content (AvgIpc) is 3.19. The number of rotatable bonds is 9. The van der Waals surface area contributed by atoms with E-state index in [0.717, 1.165) is 42.3 Å². The van der Waals surface area contributed by atoms with Crippen molar-refractivity contribution < 1.29 is 21.5 Å². The fourth-order valence-electron chi connectivity index (χ4n) is 3.02. The summed E-state index contributed by atoms with van der Waals surface area (Å²) in [7, 11) is 2.04. The van der Waals surface area contributed by atoms with E-state index in [-0.39, 0.29) is 17.0 Å². The summed E-state index contributed by atoms with van der Waals surface area (Å²) in [6.45, 7) is 8.85. The van der Waals surface area contributed by atoms with Crippen LogP contribution in [0.3, 0.4) is 0 Å². The molecule has 0 aliphatic carbocycles. The van der Waals surface area contributed by atoms with Crippen LogP contribution in [0, 0.1) is 0 Å². The maximum Gasteiger partial charge on any atom is 0.243 e. The lowest BCUT2D eigenvalue weighted by molar-refractivity contribution is -0.671. The SMILES string of the molecule is CCN(CCn1cc[n+](C)c1)c1ccc(N=Nc2ccc(C=NN=C(C)C)cc2)cc1.[Br-]. The van der Waals surface area contributed by atoms with Crippen molar-refractivity contribution in [2.75, 3.05) is 18.0 Å². The number of anilines is 1. The molecule has 32 heavy (non-hydrogen) atoms. The lowest BCUT2D eigenvalue weighted by atomic mass is 10.2. The minimum atomic E-state index is 0. The molecule has 0 fully saturated rings. The highest BCUT2D eigenvalue weighted by atomic mass is 79.9. The zero-order valence-electron chi connectivity index (χ0n) is 19.1. The number of benzene rings is 2. The Kier molecular flexibility index (Phi) is 9.94. The van der Waals surface area contributed by atoms with E-state index in [1.807, 2.05) is 57.3 Å². The molecule has 0 saturated heterocycles. The zero-order chi connectivity index (χ0) is 22.1. The third kappa shape index (κ3) is 7.85. The van der Waals surface area contributed by atoms with Crippen LogP contribution in [0.5, 0.6) is 0 Å². The molecule has 0 aliphatic heterocycles. The van der Waals surface area contributed by atoms with Gasteiger partial charge in [-0.25, -0.2) is 9.13 Å². The van der Waals surface area contributed by atoms with Crippen LogP contribution in [0.2, 0.25) is 0 Å². The van der Waals surface area contributed by atoms with E-state index in [9.17, 15) is 0 Å². The fraction of sp³-hybridized carbons (Fsp3) is 0.292. The van der Waals surface area contributed by atoms with Gasteiger partial charge in [-0.1, -0.05) is 12.1 Å². The van der Waals surface area contributed by atoms with Crippen molar-refractivity contribution in [1.82, 2.24) is 4.57 Å². The largest absolute Gasteiger partial charge is 1.00 e. The first-order valence-corrected chi connectivity index (χ1v) is 10.5. The number of aryl methyl sites for hydroxylation is 1. The van der Waals surface area contributed by atoms with Crippen molar-refractivity contribution in [2.24, 2.45) is 27.5 Å². The standard InChI is InChI=1S/C24H30N7.BrH/c1-5-31(17-16-30-15-14-29(4)19-30)24-12-10-23(11-13-24)28-27-22-8-6-21(7-9-22)18-25-26-20(2)3;/h6-15,18-19H,5,16-17H2,1-4H3;1H/q+1;/p-1. The first-order chi connectivity index (χ1) is 15.0. The van der Waals surface area contributed by atoms with Crippen LogP contribution in [-0.2, 0) is 13.6 Å². The van der Waals surface area contributed by atoms with Crippen LogP contribution < -0.4 is 26.4 Å². The Hall–Kier alpha value is -3.13. The van der Waals surface area contributed by atoms with Gasteiger partial charge in [-0.3, -0.25) is 0 Å². The van der Waals surface area contributed by atoms with Crippen molar-refractivity contribution in [3.63, 3.8) is 0 Å². The molecule has 8 heteroatoms. The highest BCUT2D eigenvalue weighted by Crippen LogP contribution is 2.22. The molecule has 0 atom stereocenters. The highest BCUT2D eigenvalue weighted by Gasteiger charge is 2.07. The number of halogens is 1. The second-order valence-corrected chi connectivity index (χ2v) is 7.50. The van der Waals surface area contributed by atoms with Gasteiger partial charge < -0.3 is 21.9 Å². The van der Waals surface area contributed by atoms with E-state index >= 15 is 0 Å². The number of imidazole rings is 1. The number of aromatic nitrogens is 2. The molecule has 3 aromatic rings. The van der Waals surface area contributed by atoms with Crippen molar-refractivity contribution in [3.8, 4) is 0 Å². The monoisotopic (exact) mass is 495 g/mol. The van der Waals surface area contributed by atoms with Crippen LogP contribution in [0.1, 0.15) is 26.3 Å². The molecule has 168 valence electrons. The lowest BCUT2D eigenvalue weighted by Gasteiger charge is -2.22. The van der Waals surface area contributed by atoms with Gasteiger partial charge in [-0.15, -0.1) is 0 Å². The second kappa shape index (κ2) is 12.7. The molecule has 0 bridgehead atoms. The maximum absolute atomic E-state index is 4.36. The molecule has 1 aromatic heterocycles. The van der Waals surface area contributed by atoms with Crippen molar-refractivity contribution in [3.05, 3.63) is 72.8 Å². The van der Waals surface area contributed by atoms with Crippen molar-refractivity contribution in [1.29, 1.82) is 0 Å². The molecule has 0 spiro atoms. The first-order valence-electron chi connectivity index (χ1n) is 10.5. The average molecular weight is 496 g/mol. The lowest BCUT2D eigenvalue weighted by Crippen LogP contribution is -3.00. The summed E-state index contributed by atoms with van der Waals surface area (Å²) in [5, 5.41) is 16.7. The topological polar surface area (TPSA) is 61.5 Å². The van der Waals surface area contributed by atoms with Gasteiger partial charge in [0.15, 0.2) is 0 Å². The van der Waals surface area contributed by atoms with E-state index < -0.39 is 0 Å². The van der Waals surface area contributed by atoms with E-state index in [0.29, 0.717) is 0 Å².